The number of hydrogen-bond acceptors (Lipinski definition) is 2. The summed E-state index contributed by atoms with van der Waals surface area (Å²) in [6, 6.07) is 19.2. The summed E-state index contributed by atoms with van der Waals surface area (Å²) in [5.41, 5.74) is 2.54. The van der Waals surface area contributed by atoms with Gasteiger partial charge in [0.25, 0.3) is 0 Å². The lowest BCUT2D eigenvalue weighted by molar-refractivity contribution is 0.414. The summed E-state index contributed by atoms with van der Waals surface area (Å²) in [5, 5.41) is 6.88. The van der Waals surface area contributed by atoms with Gasteiger partial charge in [0, 0.05) is 18.5 Å². The van der Waals surface area contributed by atoms with E-state index in [1.54, 1.807) is 7.11 Å². The molecule has 2 unspecified atom stereocenters. The van der Waals surface area contributed by atoms with Crippen LogP contribution in [0.5, 0.6) is 5.75 Å². The molecule has 0 spiro atoms. The highest BCUT2D eigenvalue weighted by atomic mass is 127. The molecule has 1 aliphatic carbocycles. The molecule has 4 nitrogen and oxygen atoms in total. The number of benzene rings is 2. The Balaban J connectivity index is 0.00000225. The van der Waals surface area contributed by atoms with Crippen molar-refractivity contribution in [3.63, 3.8) is 0 Å². The third-order valence-electron chi connectivity index (χ3n) is 4.24. The molecule has 0 saturated heterocycles. The summed E-state index contributed by atoms with van der Waals surface area (Å²) in [7, 11) is 1.69. The van der Waals surface area contributed by atoms with Gasteiger partial charge in [-0.05, 0) is 36.6 Å². The van der Waals surface area contributed by atoms with Crippen LogP contribution >= 0.6 is 24.0 Å². The molecule has 3 rings (SSSR count). The lowest BCUT2D eigenvalue weighted by Crippen LogP contribution is -2.39. The van der Waals surface area contributed by atoms with Gasteiger partial charge >= 0.3 is 0 Å². The van der Waals surface area contributed by atoms with Crippen LogP contribution in [0.1, 0.15) is 30.4 Å². The van der Waals surface area contributed by atoms with Crippen molar-refractivity contribution in [2.24, 2.45) is 4.99 Å². The molecule has 5 heteroatoms. The van der Waals surface area contributed by atoms with E-state index in [0.717, 1.165) is 30.2 Å². The first kappa shape index (κ1) is 19.6. The van der Waals surface area contributed by atoms with Crippen molar-refractivity contribution in [3.8, 4) is 5.75 Å². The van der Waals surface area contributed by atoms with Crippen molar-refractivity contribution in [1.29, 1.82) is 0 Å². The van der Waals surface area contributed by atoms with Crippen LogP contribution in [0.2, 0.25) is 0 Å². The van der Waals surface area contributed by atoms with Crippen molar-refractivity contribution in [2.45, 2.75) is 31.8 Å². The Morgan fingerprint density at radius 2 is 1.96 bits per heavy atom. The predicted molar refractivity (Wildman–Crippen MR) is 114 cm³/mol. The van der Waals surface area contributed by atoms with Crippen molar-refractivity contribution in [1.82, 2.24) is 10.6 Å². The maximum absolute atomic E-state index is 5.27. The number of methoxy groups -OCH3 is 1. The molecule has 0 bridgehead atoms. The van der Waals surface area contributed by atoms with Crippen LogP contribution in [-0.4, -0.2) is 25.7 Å². The minimum absolute atomic E-state index is 0. The minimum Gasteiger partial charge on any atom is -0.497 e. The number of nitrogens with one attached hydrogen (secondary N) is 2. The quantitative estimate of drug-likeness (QED) is 0.398. The van der Waals surface area contributed by atoms with Crippen molar-refractivity contribution in [2.75, 3.05) is 13.7 Å². The molecule has 1 aliphatic rings. The molecule has 1 fully saturated rings. The smallest absolute Gasteiger partial charge is 0.191 e. The maximum atomic E-state index is 5.27. The number of aliphatic imine (C=N–C) groups is 1. The number of guanidine groups is 1. The Bertz CT molecular complexity index is 690. The van der Waals surface area contributed by atoms with Gasteiger partial charge < -0.3 is 15.4 Å². The van der Waals surface area contributed by atoms with Gasteiger partial charge in [-0.15, -0.1) is 24.0 Å². The number of rotatable bonds is 6. The number of nitrogens with zero attached hydrogens (tertiary/aromatic N) is 1. The van der Waals surface area contributed by atoms with E-state index in [2.05, 4.69) is 54.0 Å². The van der Waals surface area contributed by atoms with E-state index in [1.165, 1.54) is 5.56 Å². The number of halogens is 1. The van der Waals surface area contributed by atoms with E-state index >= 15 is 0 Å². The van der Waals surface area contributed by atoms with Gasteiger partial charge in [0.05, 0.1) is 13.7 Å². The first-order valence-corrected chi connectivity index (χ1v) is 8.53. The Hall–Kier alpha value is -1.76. The molecule has 2 N–H and O–H groups in total. The fourth-order valence-electron chi connectivity index (χ4n) is 2.86. The first-order valence-electron chi connectivity index (χ1n) is 8.53. The summed E-state index contributed by atoms with van der Waals surface area (Å²) in [6.45, 7) is 3.58. The lowest BCUT2D eigenvalue weighted by Gasteiger charge is -2.11. The van der Waals surface area contributed by atoms with Crippen LogP contribution in [0, 0.1) is 0 Å². The molecule has 1 saturated carbocycles. The molecule has 0 aliphatic heterocycles. The Kier molecular flexibility index (Phi) is 7.55. The average Bonchev–Trinajstić information content (AvgIpc) is 3.40. The molecule has 0 amide bonds. The van der Waals surface area contributed by atoms with Gasteiger partial charge in [-0.2, -0.15) is 0 Å². The van der Waals surface area contributed by atoms with Crippen LogP contribution in [0.3, 0.4) is 0 Å². The molecule has 25 heavy (non-hydrogen) atoms. The Morgan fingerprint density at radius 1 is 1.16 bits per heavy atom. The zero-order chi connectivity index (χ0) is 16.8. The van der Waals surface area contributed by atoms with E-state index in [0.29, 0.717) is 18.5 Å². The van der Waals surface area contributed by atoms with Gasteiger partial charge in [0.1, 0.15) is 5.75 Å². The van der Waals surface area contributed by atoms with Gasteiger partial charge in [-0.25, -0.2) is 4.99 Å². The molecule has 0 heterocycles. The third-order valence-corrected chi connectivity index (χ3v) is 4.24. The average molecular weight is 451 g/mol. The zero-order valence-electron chi connectivity index (χ0n) is 14.7. The van der Waals surface area contributed by atoms with Crippen LogP contribution < -0.4 is 15.4 Å². The fraction of sp³-hybridized carbons (Fsp3) is 0.350. The monoisotopic (exact) mass is 451 g/mol. The minimum atomic E-state index is 0. The second kappa shape index (κ2) is 9.65. The highest BCUT2D eigenvalue weighted by molar-refractivity contribution is 14.0. The van der Waals surface area contributed by atoms with Crippen molar-refractivity contribution >= 4 is 29.9 Å². The fourth-order valence-corrected chi connectivity index (χ4v) is 2.86. The van der Waals surface area contributed by atoms with Crippen LogP contribution in [0.15, 0.2) is 59.6 Å². The largest absolute Gasteiger partial charge is 0.497 e. The summed E-state index contributed by atoms with van der Waals surface area (Å²) in [6.07, 6.45) is 1.16. The number of hydrogen-bond donors (Lipinski definition) is 2. The van der Waals surface area contributed by atoms with Gasteiger partial charge in [-0.1, -0.05) is 42.5 Å². The van der Waals surface area contributed by atoms with Crippen LogP contribution in [-0.2, 0) is 6.54 Å². The summed E-state index contributed by atoms with van der Waals surface area (Å²) in [4.78, 5) is 4.71. The Labute approximate surface area is 167 Å². The molecular formula is C20H26IN3O. The molecule has 134 valence electrons. The standard InChI is InChI=1S/C20H25N3O.HI/c1-3-21-20(22-14-15-8-7-11-17(12-15)24-2)23-19-13-18(19)16-9-5-4-6-10-16;/h4-12,18-19H,3,13-14H2,1-2H3,(H2,21,22,23);1H. The van der Waals surface area contributed by atoms with E-state index in [9.17, 15) is 0 Å². The molecular weight excluding hydrogens is 425 g/mol. The normalized spacial score (nSPS) is 18.9. The van der Waals surface area contributed by atoms with E-state index < -0.39 is 0 Å². The SMILES string of the molecule is CCNC(=NCc1cccc(OC)c1)NC1CC1c1ccccc1.I. The topological polar surface area (TPSA) is 45.7 Å². The van der Waals surface area contributed by atoms with Crippen molar-refractivity contribution < 1.29 is 4.74 Å². The summed E-state index contributed by atoms with van der Waals surface area (Å²) in [5.74, 6) is 2.34. The van der Waals surface area contributed by atoms with Crippen LogP contribution in [0.4, 0.5) is 0 Å². The highest BCUT2D eigenvalue weighted by Gasteiger charge is 2.38. The van der Waals surface area contributed by atoms with Gasteiger partial charge in [-0.3, -0.25) is 0 Å². The highest BCUT2D eigenvalue weighted by Crippen LogP contribution is 2.40. The third kappa shape index (κ3) is 5.63. The summed E-state index contributed by atoms with van der Waals surface area (Å²) >= 11 is 0. The van der Waals surface area contributed by atoms with Gasteiger partial charge in [0.15, 0.2) is 5.96 Å². The van der Waals surface area contributed by atoms with Crippen LogP contribution in [0.25, 0.3) is 0 Å². The second-order valence-electron chi connectivity index (χ2n) is 6.05. The molecule has 2 aromatic rings. The molecule has 0 radical (unpaired) electrons. The van der Waals surface area contributed by atoms with Crippen molar-refractivity contribution in [3.05, 3.63) is 65.7 Å². The predicted octanol–water partition coefficient (Wildman–Crippen LogP) is 3.92. The van der Waals surface area contributed by atoms with E-state index in [-0.39, 0.29) is 24.0 Å². The van der Waals surface area contributed by atoms with E-state index in [1.807, 2.05) is 18.2 Å². The maximum Gasteiger partial charge on any atom is 0.191 e. The first-order chi connectivity index (χ1) is 11.8. The Morgan fingerprint density at radius 3 is 2.68 bits per heavy atom. The number of ether oxygens (including phenoxy) is 1. The van der Waals surface area contributed by atoms with Gasteiger partial charge in [0.2, 0.25) is 0 Å². The molecule has 0 aromatic heterocycles. The molecule has 2 aromatic carbocycles. The summed E-state index contributed by atoms with van der Waals surface area (Å²) < 4.78 is 5.27. The zero-order valence-corrected chi connectivity index (χ0v) is 17.1. The molecule has 2 atom stereocenters. The van der Waals surface area contributed by atoms with E-state index in [4.69, 9.17) is 9.73 Å². The second-order valence-corrected chi connectivity index (χ2v) is 6.05. The lowest BCUT2D eigenvalue weighted by atomic mass is 10.1.